The maximum Gasteiger partial charge on any atom is 0.337 e. The van der Waals surface area contributed by atoms with Crippen LogP contribution in [0.1, 0.15) is 36.6 Å². The van der Waals surface area contributed by atoms with Crippen LogP contribution < -0.4 is 16.0 Å². The largest absolute Gasteiger partial charge is 0.466 e. The van der Waals surface area contributed by atoms with Gasteiger partial charge in [0.05, 0.1) is 18.7 Å². The van der Waals surface area contributed by atoms with E-state index >= 15 is 0 Å². The molecular formula is C24H28N4O3S. The van der Waals surface area contributed by atoms with E-state index in [2.05, 4.69) is 16.0 Å². The first-order chi connectivity index (χ1) is 15.3. The Labute approximate surface area is 193 Å². The van der Waals surface area contributed by atoms with Crippen LogP contribution in [0.2, 0.25) is 0 Å². The second kappa shape index (κ2) is 9.82. The number of carbonyl (C=O) groups is 2. The van der Waals surface area contributed by atoms with Crippen molar-refractivity contribution in [2.75, 3.05) is 24.3 Å². The van der Waals surface area contributed by atoms with Crippen LogP contribution in [0.15, 0.2) is 53.7 Å². The summed E-state index contributed by atoms with van der Waals surface area (Å²) in [5, 5.41) is 9.50. The molecule has 1 aliphatic rings. The molecule has 1 aliphatic heterocycles. The number of esters is 1. The minimum atomic E-state index is -0.435. The molecule has 3 N–H and O–H groups in total. The summed E-state index contributed by atoms with van der Waals surface area (Å²) >= 11 is 5.48. The summed E-state index contributed by atoms with van der Waals surface area (Å²) < 4.78 is 5.02. The van der Waals surface area contributed by atoms with Crippen LogP contribution in [0.3, 0.4) is 0 Å². The highest BCUT2D eigenvalue weighted by molar-refractivity contribution is 7.80. The molecule has 7 nitrogen and oxygen atoms in total. The number of anilines is 2. The normalized spacial score (nSPS) is 15.8. The predicted octanol–water partition coefficient (Wildman–Crippen LogP) is 4.65. The van der Waals surface area contributed by atoms with E-state index in [-0.39, 0.29) is 6.03 Å². The second-order valence-electron chi connectivity index (χ2n) is 7.57. The third-order valence-electron chi connectivity index (χ3n) is 5.67. The summed E-state index contributed by atoms with van der Waals surface area (Å²) in [6, 6.07) is 12.3. The van der Waals surface area contributed by atoms with Crippen LogP contribution in [0.4, 0.5) is 16.2 Å². The lowest BCUT2D eigenvalue weighted by atomic mass is 9.95. The van der Waals surface area contributed by atoms with Crippen LogP contribution in [0.5, 0.6) is 0 Å². The maximum absolute atomic E-state index is 12.5. The van der Waals surface area contributed by atoms with Gasteiger partial charge < -0.3 is 25.6 Å². The second-order valence-corrected chi connectivity index (χ2v) is 7.95. The van der Waals surface area contributed by atoms with Gasteiger partial charge in [-0.1, -0.05) is 24.3 Å². The van der Waals surface area contributed by atoms with Gasteiger partial charge in [-0.25, -0.2) is 9.59 Å². The van der Waals surface area contributed by atoms with Crippen molar-refractivity contribution in [2.24, 2.45) is 0 Å². The number of allylic oxidation sites excluding steroid dienone is 1. The van der Waals surface area contributed by atoms with Crippen molar-refractivity contribution in [3.8, 4) is 0 Å². The number of thiocarbonyl (C=S) groups is 1. The molecule has 0 radical (unpaired) electrons. The zero-order valence-electron chi connectivity index (χ0n) is 18.9. The molecule has 2 aromatic rings. The van der Waals surface area contributed by atoms with Gasteiger partial charge in [0.15, 0.2) is 5.11 Å². The molecule has 0 aliphatic carbocycles. The standard InChI is InChI=1S/C24H28N4O3S/c1-6-28-16(4)20(22(29)31-5)21(27-24(28)32)17-10-12-18(13-11-17)25-23(30)26-19-9-7-8-14(2)15(19)3/h7-13,21H,6H2,1-5H3,(H,27,32)(H2,25,26,30)/t21-/m0/s1. The molecule has 32 heavy (non-hydrogen) atoms. The molecule has 0 aromatic heterocycles. The number of ether oxygens (including phenoxy) is 1. The highest BCUT2D eigenvalue weighted by Crippen LogP contribution is 2.31. The molecule has 168 valence electrons. The van der Waals surface area contributed by atoms with E-state index < -0.39 is 12.0 Å². The smallest absolute Gasteiger partial charge is 0.337 e. The quantitative estimate of drug-likeness (QED) is 0.453. The zero-order valence-corrected chi connectivity index (χ0v) is 19.7. The number of hydrogen-bond acceptors (Lipinski definition) is 4. The van der Waals surface area contributed by atoms with Gasteiger partial charge in [-0.2, -0.15) is 0 Å². The van der Waals surface area contributed by atoms with E-state index in [4.69, 9.17) is 17.0 Å². The van der Waals surface area contributed by atoms with Crippen LogP contribution in [0, 0.1) is 13.8 Å². The molecule has 0 saturated heterocycles. The van der Waals surface area contributed by atoms with Gasteiger partial charge in [0.25, 0.3) is 0 Å². The first kappa shape index (κ1) is 23.3. The van der Waals surface area contributed by atoms with E-state index in [1.807, 2.05) is 62.9 Å². The summed E-state index contributed by atoms with van der Waals surface area (Å²) in [5.41, 5.74) is 5.64. The third-order valence-corrected chi connectivity index (χ3v) is 6.01. The van der Waals surface area contributed by atoms with Crippen LogP contribution in [0.25, 0.3) is 0 Å². The Morgan fingerprint density at radius 3 is 2.41 bits per heavy atom. The maximum atomic E-state index is 12.5. The number of nitrogens with one attached hydrogen (secondary N) is 3. The first-order valence-electron chi connectivity index (χ1n) is 10.4. The number of carbonyl (C=O) groups excluding carboxylic acids is 2. The van der Waals surface area contributed by atoms with Crippen molar-refractivity contribution in [1.82, 2.24) is 10.2 Å². The number of nitrogens with zero attached hydrogens (tertiary/aromatic N) is 1. The predicted molar refractivity (Wildman–Crippen MR) is 131 cm³/mol. The lowest BCUT2D eigenvalue weighted by Crippen LogP contribution is -2.47. The topological polar surface area (TPSA) is 82.7 Å². The van der Waals surface area contributed by atoms with Gasteiger partial charge in [0.1, 0.15) is 0 Å². The number of hydrogen-bond donors (Lipinski definition) is 3. The molecular weight excluding hydrogens is 424 g/mol. The fourth-order valence-electron chi connectivity index (χ4n) is 3.72. The van der Waals surface area contributed by atoms with Crippen LogP contribution in [-0.4, -0.2) is 35.7 Å². The van der Waals surface area contributed by atoms with Crippen molar-refractivity contribution in [2.45, 2.75) is 33.7 Å². The van der Waals surface area contributed by atoms with E-state index in [1.165, 1.54) is 7.11 Å². The Balaban J connectivity index is 1.79. The molecule has 0 unspecified atom stereocenters. The molecule has 1 heterocycles. The monoisotopic (exact) mass is 452 g/mol. The summed E-state index contributed by atoms with van der Waals surface area (Å²) in [6.07, 6.45) is 0. The Morgan fingerprint density at radius 1 is 1.09 bits per heavy atom. The number of urea groups is 1. The molecule has 8 heteroatoms. The van der Waals surface area contributed by atoms with Gasteiger partial charge in [0, 0.05) is 23.6 Å². The number of rotatable bonds is 5. The van der Waals surface area contributed by atoms with Crippen molar-refractivity contribution in [3.05, 3.63) is 70.4 Å². The summed E-state index contributed by atoms with van der Waals surface area (Å²) in [6.45, 7) is 8.44. The fraction of sp³-hybridized carbons (Fsp3) is 0.292. The average Bonchev–Trinajstić information content (AvgIpc) is 2.77. The zero-order chi connectivity index (χ0) is 23.4. The van der Waals surface area contributed by atoms with Crippen molar-refractivity contribution < 1.29 is 14.3 Å². The van der Waals surface area contributed by atoms with Gasteiger partial charge in [-0.3, -0.25) is 0 Å². The average molecular weight is 453 g/mol. The van der Waals surface area contributed by atoms with E-state index in [0.29, 0.717) is 22.9 Å². The highest BCUT2D eigenvalue weighted by atomic mass is 32.1. The third kappa shape index (κ3) is 4.75. The summed E-state index contributed by atoms with van der Waals surface area (Å²) in [5.74, 6) is -0.406. The summed E-state index contributed by atoms with van der Waals surface area (Å²) in [7, 11) is 1.37. The highest BCUT2D eigenvalue weighted by Gasteiger charge is 2.33. The van der Waals surface area contributed by atoms with Gasteiger partial charge in [-0.15, -0.1) is 0 Å². The fourth-order valence-corrected chi connectivity index (χ4v) is 4.10. The number of methoxy groups -OCH3 is 1. The molecule has 1 atom stereocenters. The minimum absolute atomic E-state index is 0.326. The SMILES string of the molecule is CCN1C(=S)N[C@@H](c2ccc(NC(=O)Nc3cccc(C)c3C)cc2)C(C(=O)OC)=C1C. The Hall–Kier alpha value is -3.39. The van der Waals surface area contributed by atoms with Crippen LogP contribution >= 0.6 is 12.2 Å². The number of benzene rings is 2. The number of amides is 2. The van der Waals surface area contributed by atoms with Crippen molar-refractivity contribution >= 4 is 40.7 Å². The molecule has 0 bridgehead atoms. The molecule has 0 fully saturated rings. The van der Waals surface area contributed by atoms with Crippen molar-refractivity contribution in [3.63, 3.8) is 0 Å². The van der Waals surface area contributed by atoms with Gasteiger partial charge in [0.2, 0.25) is 0 Å². The minimum Gasteiger partial charge on any atom is -0.466 e. The molecule has 0 spiro atoms. The molecule has 2 aromatic carbocycles. The van der Waals surface area contributed by atoms with Gasteiger partial charge >= 0.3 is 12.0 Å². The molecule has 0 saturated carbocycles. The van der Waals surface area contributed by atoms with E-state index in [1.54, 1.807) is 12.1 Å². The Bertz CT molecular complexity index is 1080. The van der Waals surface area contributed by atoms with Gasteiger partial charge in [-0.05, 0) is 74.8 Å². The van der Waals surface area contributed by atoms with Crippen LogP contribution in [-0.2, 0) is 9.53 Å². The molecule has 3 rings (SSSR count). The lowest BCUT2D eigenvalue weighted by Gasteiger charge is -2.36. The Kier molecular flexibility index (Phi) is 7.15. The van der Waals surface area contributed by atoms with Crippen molar-refractivity contribution in [1.29, 1.82) is 0 Å². The van der Waals surface area contributed by atoms with E-state index in [0.717, 1.165) is 28.1 Å². The van der Waals surface area contributed by atoms with E-state index in [9.17, 15) is 9.59 Å². The number of aryl methyl sites for hydroxylation is 1. The molecule has 2 amide bonds. The summed E-state index contributed by atoms with van der Waals surface area (Å²) in [4.78, 5) is 26.8. The first-order valence-corrected chi connectivity index (χ1v) is 10.8. The Morgan fingerprint density at radius 2 is 1.78 bits per heavy atom. The lowest BCUT2D eigenvalue weighted by molar-refractivity contribution is -0.136.